The van der Waals surface area contributed by atoms with Crippen molar-refractivity contribution in [2.75, 3.05) is 7.11 Å². The predicted octanol–water partition coefficient (Wildman–Crippen LogP) is 3.07. The van der Waals surface area contributed by atoms with Gasteiger partial charge in [-0.1, -0.05) is 15.9 Å². The molecule has 1 N–H and O–H groups in total. The summed E-state index contributed by atoms with van der Waals surface area (Å²) in [5, 5.41) is 3.51. The highest BCUT2D eigenvalue weighted by atomic mass is 79.9. The molecule has 1 saturated carbocycles. The normalized spacial score (nSPS) is 19.2. The molecule has 1 aliphatic rings. The van der Waals surface area contributed by atoms with Crippen LogP contribution in [0, 0.1) is 5.92 Å². The molecule has 1 amide bonds. The number of aromatic nitrogens is 2. The molecule has 0 spiro atoms. The molecule has 1 aliphatic carbocycles. The fraction of sp³-hybridized carbons (Fsp3) is 0.333. The van der Waals surface area contributed by atoms with Crippen molar-refractivity contribution < 1.29 is 14.3 Å². The molecule has 1 aromatic carbocycles. The van der Waals surface area contributed by atoms with Gasteiger partial charge in [0.15, 0.2) is 5.65 Å². The van der Waals surface area contributed by atoms with E-state index in [9.17, 15) is 14.4 Å². The maximum Gasteiger partial charge on any atom is 0.308 e. The number of nitrogens with zero attached hydrogens (tertiary/aromatic N) is 2. The highest BCUT2D eigenvalue weighted by molar-refractivity contribution is 9.10. The van der Waals surface area contributed by atoms with Crippen LogP contribution in [-0.2, 0) is 9.53 Å². The summed E-state index contributed by atoms with van der Waals surface area (Å²) in [5.41, 5.74) is 0.995. The third-order valence-electron chi connectivity index (χ3n) is 5.44. The van der Waals surface area contributed by atoms with Gasteiger partial charge in [0, 0.05) is 16.7 Å². The van der Waals surface area contributed by atoms with E-state index >= 15 is 0 Å². The third-order valence-corrected chi connectivity index (χ3v) is 5.94. The Bertz CT molecular complexity index is 1170. The minimum Gasteiger partial charge on any atom is -0.469 e. The summed E-state index contributed by atoms with van der Waals surface area (Å²) in [7, 11) is 1.40. The Kier molecular flexibility index (Phi) is 5.36. The number of methoxy groups -OCH3 is 1. The summed E-state index contributed by atoms with van der Waals surface area (Å²) >= 11 is 3.37. The third kappa shape index (κ3) is 3.76. The molecule has 2 heterocycles. The second-order valence-corrected chi connectivity index (χ2v) is 8.15. The Balaban J connectivity index is 1.62. The Labute approximate surface area is 175 Å². The lowest BCUT2D eigenvalue weighted by Crippen LogP contribution is -2.39. The molecule has 1 fully saturated rings. The second-order valence-electron chi connectivity index (χ2n) is 7.24. The molecule has 0 bridgehead atoms. The highest BCUT2D eigenvalue weighted by Gasteiger charge is 2.28. The molecular weight excluding hydrogens is 438 g/mol. The summed E-state index contributed by atoms with van der Waals surface area (Å²) in [6.07, 6.45) is 4.40. The fourth-order valence-electron chi connectivity index (χ4n) is 3.88. The van der Waals surface area contributed by atoms with Crippen LogP contribution in [0.25, 0.3) is 16.6 Å². The number of esters is 1. The Morgan fingerprint density at radius 3 is 2.69 bits per heavy atom. The monoisotopic (exact) mass is 457 g/mol. The molecular formula is C21H20BrN3O4. The van der Waals surface area contributed by atoms with Gasteiger partial charge in [0.05, 0.1) is 29.5 Å². The van der Waals surface area contributed by atoms with Crippen LogP contribution in [0.4, 0.5) is 0 Å². The molecule has 150 valence electrons. The van der Waals surface area contributed by atoms with Crippen LogP contribution in [0.15, 0.2) is 45.8 Å². The first-order chi connectivity index (χ1) is 14.0. The molecule has 2 aromatic heterocycles. The minimum atomic E-state index is -0.270. The van der Waals surface area contributed by atoms with E-state index in [-0.39, 0.29) is 29.4 Å². The number of amides is 1. The maximum absolute atomic E-state index is 12.9. The van der Waals surface area contributed by atoms with Gasteiger partial charge < -0.3 is 10.1 Å². The number of pyridine rings is 1. The lowest BCUT2D eigenvalue weighted by Gasteiger charge is -2.27. The van der Waals surface area contributed by atoms with Crippen molar-refractivity contribution in [3.05, 3.63) is 56.9 Å². The molecule has 0 unspecified atom stereocenters. The smallest absolute Gasteiger partial charge is 0.308 e. The van der Waals surface area contributed by atoms with Crippen molar-refractivity contribution in [1.82, 2.24) is 14.7 Å². The van der Waals surface area contributed by atoms with Crippen LogP contribution in [-0.4, -0.2) is 34.4 Å². The fourth-order valence-corrected chi connectivity index (χ4v) is 4.24. The van der Waals surface area contributed by atoms with Gasteiger partial charge in [-0.05, 0) is 56.0 Å². The predicted molar refractivity (Wildman–Crippen MR) is 112 cm³/mol. The zero-order valence-electron chi connectivity index (χ0n) is 15.9. The van der Waals surface area contributed by atoms with Crippen molar-refractivity contribution in [2.24, 2.45) is 5.92 Å². The highest BCUT2D eigenvalue weighted by Crippen LogP contribution is 2.25. The Morgan fingerprint density at radius 1 is 1.21 bits per heavy atom. The topological polar surface area (TPSA) is 89.8 Å². The van der Waals surface area contributed by atoms with E-state index < -0.39 is 0 Å². The van der Waals surface area contributed by atoms with E-state index in [4.69, 9.17) is 4.74 Å². The summed E-state index contributed by atoms with van der Waals surface area (Å²) in [4.78, 5) is 42.0. The van der Waals surface area contributed by atoms with Crippen LogP contribution >= 0.6 is 15.9 Å². The SMILES string of the molecule is COC(=O)[C@H]1CC[C@H](NC(=O)c2cccn3c(=O)c4cc(Br)ccc4nc23)CC1. The van der Waals surface area contributed by atoms with E-state index in [1.54, 1.807) is 30.5 Å². The number of carbonyl (C=O) groups excluding carboxylic acids is 2. The number of ether oxygens (including phenoxy) is 1. The van der Waals surface area contributed by atoms with Gasteiger partial charge in [-0.3, -0.25) is 18.8 Å². The molecule has 0 atom stereocenters. The summed E-state index contributed by atoms with van der Waals surface area (Å²) in [6, 6.07) is 8.61. The Morgan fingerprint density at radius 2 is 1.97 bits per heavy atom. The lowest BCUT2D eigenvalue weighted by atomic mass is 9.86. The van der Waals surface area contributed by atoms with Crippen LogP contribution in [0.5, 0.6) is 0 Å². The molecule has 0 aliphatic heterocycles. The zero-order valence-corrected chi connectivity index (χ0v) is 17.4. The molecule has 7 nitrogen and oxygen atoms in total. The molecule has 3 aromatic rings. The van der Waals surface area contributed by atoms with Crippen molar-refractivity contribution in [2.45, 2.75) is 31.7 Å². The molecule has 0 radical (unpaired) electrons. The van der Waals surface area contributed by atoms with Gasteiger partial charge >= 0.3 is 5.97 Å². The zero-order chi connectivity index (χ0) is 20.5. The summed E-state index contributed by atoms with van der Waals surface area (Å²) in [5.74, 6) is -0.560. The molecule has 29 heavy (non-hydrogen) atoms. The first-order valence-electron chi connectivity index (χ1n) is 9.47. The standard InChI is InChI=1S/C21H20BrN3O4/c1-29-21(28)12-4-7-14(8-5-12)23-19(26)15-3-2-10-25-18(15)24-17-9-6-13(22)11-16(17)20(25)27/h2-3,6,9-12,14H,4-5,7-8H2,1H3,(H,23,26)/t12-,14-. The lowest BCUT2D eigenvalue weighted by molar-refractivity contribution is -0.146. The summed E-state index contributed by atoms with van der Waals surface area (Å²) in [6.45, 7) is 0. The van der Waals surface area contributed by atoms with Crippen LogP contribution in [0.3, 0.4) is 0 Å². The average Bonchev–Trinajstić information content (AvgIpc) is 2.74. The molecule has 0 saturated heterocycles. The number of fused-ring (bicyclic) bond motifs is 2. The number of halogens is 1. The van der Waals surface area contributed by atoms with Crippen molar-refractivity contribution >= 4 is 44.4 Å². The number of rotatable bonds is 3. The van der Waals surface area contributed by atoms with Gasteiger partial charge in [0.25, 0.3) is 11.5 Å². The maximum atomic E-state index is 12.9. The first kappa shape index (κ1) is 19.6. The molecule has 8 heteroatoms. The van der Waals surface area contributed by atoms with E-state index in [0.29, 0.717) is 47.8 Å². The van der Waals surface area contributed by atoms with Crippen LogP contribution in [0.1, 0.15) is 36.0 Å². The van der Waals surface area contributed by atoms with E-state index in [2.05, 4.69) is 26.2 Å². The van der Waals surface area contributed by atoms with E-state index in [1.807, 2.05) is 6.07 Å². The van der Waals surface area contributed by atoms with Crippen molar-refractivity contribution in [1.29, 1.82) is 0 Å². The van der Waals surface area contributed by atoms with Crippen LogP contribution in [0.2, 0.25) is 0 Å². The summed E-state index contributed by atoms with van der Waals surface area (Å²) < 4.78 is 7.00. The van der Waals surface area contributed by atoms with Gasteiger partial charge in [-0.25, -0.2) is 4.98 Å². The average molecular weight is 458 g/mol. The van der Waals surface area contributed by atoms with Gasteiger partial charge in [-0.2, -0.15) is 0 Å². The number of carbonyl (C=O) groups is 2. The largest absolute Gasteiger partial charge is 0.469 e. The molecule has 4 rings (SSSR count). The van der Waals surface area contributed by atoms with E-state index in [1.165, 1.54) is 11.5 Å². The number of hydrogen-bond donors (Lipinski definition) is 1. The van der Waals surface area contributed by atoms with Gasteiger partial charge in [0.1, 0.15) is 0 Å². The van der Waals surface area contributed by atoms with Gasteiger partial charge in [0.2, 0.25) is 0 Å². The first-order valence-corrected chi connectivity index (χ1v) is 10.3. The number of benzene rings is 1. The van der Waals surface area contributed by atoms with Crippen molar-refractivity contribution in [3.8, 4) is 0 Å². The quantitative estimate of drug-likeness (QED) is 0.482. The van der Waals surface area contributed by atoms with E-state index in [0.717, 1.165) is 4.47 Å². The van der Waals surface area contributed by atoms with Crippen molar-refractivity contribution in [3.63, 3.8) is 0 Å². The minimum absolute atomic E-state index is 0.0215. The number of nitrogens with one attached hydrogen (secondary N) is 1. The second kappa shape index (κ2) is 7.94. The number of hydrogen-bond acceptors (Lipinski definition) is 5. The Hall–Kier alpha value is -2.74. The van der Waals surface area contributed by atoms with Crippen LogP contribution < -0.4 is 10.9 Å². The van der Waals surface area contributed by atoms with Gasteiger partial charge in [-0.15, -0.1) is 0 Å².